The number of rotatable bonds is 4. The summed E-state index contributed by atoms with van der Waals surface area (Å²) >= 11 is 0. The molecule has 72 valence electrons. The predicted molar refractivity (Wildman–Crippen MR) is 52.8 cm³/mol. The van der Waals surface area contributed by atoms with Crippen molar-refractivity contribution in [3.8, 4) is 0 Å². The molecule has 0 rings (SSSR count). The summed E-state index contributed by atoms with van der Waals surface area (Å²) in [4.78, 5) is 0. The maximum Gasteiger partial charge on any atom is 0.0765 e. The second-order valence-electron chi connectivity index (χ2n) is 3.88. The van der Waals surface area contributed by atoms with Gasteiger partial charge in [0.1, 0.15) is 0 Å². The highest BCUT2D eigenvalue weighted by atomic mass is 16.3. The van der Waals surface area contributed by atoms with E-state index in [4.69, 9.17) is 5.73 Å². The van der Waals surface area contributed by atoms with Crippen molar-refractivity contribution in [2.24, 2.45) is 17.6 Å². The van der Waals surface area contributed by atoms with E-state index in [0.717, 1.165) is 5.57 Å². The average Bonchev–Trinajstić information content (AvgIpc) is 1.85. The van der Waals surface area contributed by atoms with Crippen LogP contribution >= 0.6 is 0 Å². The van der Waals surface area contributed by atoms with Crippen molar-refractivity contribution >= 4 is 0 Å². The summed E-state index contributed by atoms with van der Waals surface area (Å²) < 4.78 is 0. The molecule has 0 aromatic rings. The number of allylic oxidation sites excluding steroid dienone is 1. The molecule has 2 nitrogen and oxygen atoms in total. The van der Waals surface area contributed by atoms with Gasteiger partial charge in [0.2, 0.25) is 0 Å². The van der Waals surface area contributed by atoms with E-state index in [9.17, 15) is 5.11 Å². The lowest BCUT2D eigenvalue weighted by Gasteiger charge is -2.22. The first-order chi connectivity index (χ1) is 5.49. The Morgan fingerprint density at radius 1 is 1.42 bits per heavy atom. The Balaban J connectivity index is 4.22. The van der Waals surface area contributed by atoms with Crippen LogP contribution in [-0.4, -0.2) is 17.8 Å². The minimum atomic E-state index is -0.389. The highest BCUT2D eigenvalue weighted by molar-refractivity contribution is 5.00. The van der Waals surface area contributed by atoms with Gasteiger partial charge in [0.05, 0.1) is 6.10 Å². The van der Waals surface area contributed by atoms with Crippen molar-refractivity contribution in [1.29, 1.82) is 0 Å². The van der Waals surface area contributed by atoms with Gasteiger partial charge in [-0.05, 0) is 26.3 Å². The van der Waals surface area contributed by atoms with Crippen molar-refractivity contribution in [3.05, 3.63) is 11.6 Å². The van der Waals surface area contributed by atoms with Crippen LogP contribution in [0.1, 0.15) is 27.7 Å². The molecule has 0 saturated carbocycles. The van der Waals surface area contributed by atoms with Gasteiger partial charge in [0.25, 0.3) is 0 Å². The van der Waals surface area contributed by atoms with Crippen LogP contribution in [0.3, 0.4) is 0 Å². The maximum atomic E-state index is 9.69. The minimum Gasteiger partial charge on any atom is -0.389 e. The third kappa shape index (κ3) is 3.88. The molecule has 0 heterocycles. The Morgan fingerprint density at radius 2 is 1.92 bits per heavy atom. The molecule has 0 fully saturated rings. The second-order valence-corrected chi connectivity index (χ2v) is 3.88. The molecule has 0 amide bonds. The normalized spacial score (nSPS) is 15.9. The molecule has 0 aliphatic rings. The van der Waals surface area contributed by atoms with Crippen LogP contribution in [-0.2, 0) is 0 Å². The molecule has 2 heteroatoms. The van der Waals surface area contributed by atoms with E-state index in [1.165, 1.54) is 0 Å². The van der Waals surface area contributed by atoms with E-state index in [0.29, 0.717) is 12.5 Å². The minimum absolute atomic E-state index is 0.180. The zero-order chi connectivity index (χ0) is 9.72. The van der Waals surface area contributed by atoms with Crippen LogP contribution in [0.4, 0.5) is 0 Å². The molecule has 0 aromatic heterocycles. The molecule has 0 bridgehead atoms. The standard InChI is InChI=1S/C10H21NO/c1-7(2)5-10(12)9(6-11)8(3)4/h5,8-10,12H,6,11H2,1-4H3. The molecule has 3 N–H and O–H groups in total. The third-order valence-electron chi connectivity index (χ3n) is 2.07. The van der Waals surface area contributed by atoms with Gasteiger partial charge >= 0.3 is 0 Å². The Morgan fingerprint density at radius 3 is 2.17 bits per heavy atom. The Labute approximate surface area is 75.5 Å². The van der Waals surface area contributed by atoms with E-state index in [-0.39, 0.29) is 12.0 Å². The van der Waals surface area contributed by atoms with E-state index in [1.54, 1.807) is 0 Å². The van der Waals surface area contributed by atoms with Crippen LogP contribution < -0.4 is 5.73 Å². The fourth-order valence-corrected chi connectivity index (χ4v) is 1.27. The fourth-order valence-electron chi connectivity index (χ4n) is 1.27. The van der Waals surface area contributed by atoms with Crippen LogP contribution in [0.5, 0.6) is 0 Å². The predicted octanol–water partition coefficient (Wildman–Crippen LogP) is 1.54. The van der Waals surface area contributed by atoms with E-state index in [2.05, 4.69) is 13.8 Å². The number of aliphatic hydroxyl groups excluding tert-OH is 1. The quantitative estimate of drug-likeness (QED) is 0.630. The summed E-state index contributed by atoms with van der Waals surface area (Å²) in [5.41, 5.74) is 6.70. The number of hydrogen-bond donors (Lipinski definition) is 2. The van der Waals surface area contributed by atoms with Gasteiger partial charge in [-0.2, -0.15) is 0 Å². The van der Waals surface area contributed by atoms with Crippen molar-refractivity contribution < 1.29 is 5.11 Å². The largest absolute Gasteiger partial charge is 0.389 e. The van der Waals surface area contributed by atoms with Crippen LogP contribution in [0.2, 0.25) is 0 Å². The highest BCUT2D eigenvalue weighted by Crippen LogP contribution is 2.15. The lowest BCUT2D eigenvalue weighted by atomic mass is 9.89. The Bertz CT molecular complexity index is 148. The van der Waals surface area contributed by atoms with Gasteiger partial charge in [0.15, 0.2) is 0 Å². The molecular weight excluding hydrogens is 150 g/mol. The second kappa shape index (κ2) is 5.33. The number of nitrogens with two attached hydrogens (primary N) is 1. The zero-order valence-corrected chi connectivity index (χ0v) is 8.54. The van der Waals surface area contributed by atoms with Crippen molar-refractivity contribution in [2.75, 3.05) is 6.54 Å². The third-order valence-corrected chi connectivity index (χ3v) is 2.07. The molecule has 0 spiro atoms. The van der Waals surface area contributed by atoms with Crippen molar-refractivity contribution in [3.63, 3.8) is 0 Å². The lowest BCUT2D eigenvalue weighted by molar-refractivity contribution is 0.127. The molecule has 0 aromatic carbocycles. The topological polar surface area (TPSA) is 46.2 Å². The van der Waals surface area contributed by atoms with E-state index >= 15 is 0 Å². The SMILES string of the molecule is CC(C)=CC(O)C(CN)C(C)C. The molecule has 0 aliphatic carbocycles. The van der Waals surface area contributed by atoms with E-state index in [1.807, 2.05) is 19.9 Å². The van der Waals surface area contributed by atoms with Crippen LogP contribution in [0, 0.1) is 11.8 Å². The summed E-state index contributed by atoms with van der Waals surface area (Å²) in [5, 5.41) is 9.69. The molecule has 0 radical (unpaired) electrons. The van der Waals surface area contributed by atoms with Gasteiger partial charge < -0.3 is 10.8 Å². The molecule has 2 unspecified atom stereocenters. The summed E-state index contributed by atoms with van der Waals surface area (Å²) in [7, 11) is 0. The molecule has 12 heavy (non-hydrogen) atoms. The Hall–Kier alpha value is -0.340. The molecule has 2 atom stereocenters. The maximum absolute atomic E-state index is 9.69. The summed E-state index contributed by atoms with van der Waals surface area (Å²) in [6.07, 6.45) is 1.48. The zero-order valence-electron chi connectivity index (χ0n) is 8.54. The first-order valence-corrected chi connectivity index (χ1v) is 4.52. The highest BCUT2D eigenvalue weighted by Gasteiger charge is 2.18. The lowest BCUT2D eigenvalue weighted by Crippen LogP contribution is -2.30. The molecular formula is C10H21NO. The Kier molecular flexibility index (Phi) is 5.18. The first-order valence-electron chi connectivity index (χ1n) is 4.52. The van der Waals surface area contributed by atoms with Gasteiger partial charge in [0, 0.05) is 5.92 Å². The molecule has 0 aliphatic heterocycles. The summed E-state index contributed by atoms with van der Waals surface area (Å²) in [6, 6.07) is 0. The smallest absolute Gasteiger partial charge is 0.0765 e. The number of hydrogen-bond acceptors (Lipinski definition) is 2. The summed E-state index contributed by atoms with van der Waals surface area (Å²) in [6.45, 7) is 8.68. The summed E-state index contributed by atoms with van der Waals surface area (Å²) in [5.74, 6) is 0.612. The molecule has 0 saturated heterocycles. The van der Waals surface area contributed by atoms with Gasteiger partial charge in [-0.3, -0.25) is 0 Å². The number of aliphatic hydroxyl groups is 1. The van der Waals surface area contributed by atoms with Crippen molar-refractivity contribution in [1.82, 2.24) is 0 Å². The first kappa shape index (κ1) is 11.7. The van der Waals surface area contributed by atoms with Gasteiger partial charge in [-0.1, -0.05) is 25.5 Å². The fraction of sp³-hybridized carbons (Fsp3) is 0.800. The van der Waals surface area contributed by atoms with Gasteiger partial charge in [-0.15, -0.1) is 0 Å². The van der Waals surface area contributed by atoms with Crippen LogP contribution in [0.15, 0.2) is 11.6 Å². The average molecular weight is 171 g/mol. The van der Waals surface area contributed by atoms with Crippen molar-refractivity contribution in [2.45, 2.75) is 33.8 Å². The van der Waals surface area contributed by atoms with Gasteiger partial charge in [-0.25, -0.2) is 0 Å². The van der Waals surface area contributed by atoms with E-state index < -0.39 is 0 Å². The van der Waals surface area contributed by atoms with Crippen LogP contribution in [0.25, 0.3) is 0 Å². The monoisotopic (exact) mass is 171 g/mol.